The Morgan fingerprint density at radius 2 is 2.00 bits per heavy atom. The molecule has 1 aromatic rings. The summed E-state index contributed by atoms with van der Waals surface area (Å²) in [7, 11) is 1.94. The van der Waals surface area contributed by atoms with Crippen molar-refractivity contribution in [3.05, 3.63) is 35.4 Å². The lowest BCUT2D eigenvalue weighted by atomic mass is 9.88. The predicted octanol–water partition coefficient (Wildman–Crippen LogP) is 3.49. The lowest BCUT2D eigenvalue weighted by molar-refractivity contribution is 0.141. The maximum absolute atomic E-state index is 14.3. The van der Waals surface area contributed by atoms with Crippen molar-refractivity contribution < 1.29 is 8.78 Å². The van der Waals surface area contributed by atoms with Crippen molar-refractivity contribution in [1.29, 1.82) is 0 Å². The highest BCUT2D eigenvalue weighted by Gasteiger charge is 2.40. The molecule has 1 saturated heterocycles. The highest BCUT2D eigenvalue weighted by atomic mass is 19.1. The number of hydrogen-bond acceptors (Lipinski definition) is 2. The molecule has 0 bridgehead atoms. The summed E-state index contributed by atoms with van der Waals surface area (Å²) in [6.07, 6.45) is 5.79. The summed E-state index contributed by atoms with van der Waals surface area (Å²) in [6, 6.07) is 4.46. The summed E-state index contributed by atoms with van der Waals surface area (Å²) < 4.78 is 28.0. The molecule has 0 amide bonds. The van der Waals surface area contributed by atoms with Crippen LogP contribution in [-0.2, 0) is 0 Å². The zero-order valence-electron chi connectivity index (χ0n) is 12.6. The van der Waals surface area contributed by atoms with Crippen molar-refractivity contribution in [1.82, 2.24) is 10.2 Å². The highest BCUT2D eigenvalue weighted by Crippen LogP contribution is 2.42. The highest BCUT2D eigenvalue weighted by molar-refractivity contribution is 5.24. The molecule has 1 saturated carbocycles. The van der Waals surface area contributed by atoms with Crippen LogP contribution in [0.25, 0.3) is 0 Å². The van der Waals surface area contributed by atoms with E-state index in [0.717, 1.165) is 25.9 Å². The van der Waals surface area contributed by atoms with E-state index in [1.54, 1.807) is 0 Å². The molecule has 1 aliphatic carbocycles. The average Bonchev–Trinajstić information content (AvgIpc) is 3.28. The summed E-state index contributed by atoms with van der Waals surface area (Å²) in [5, 5.41) is 3.24. The van der Waals surface area contributed by atoms with Crippen LogP contribution in [0.1, 0.15) is 43.7 Å². The summed E-state index contributed by atoms with van der Waals surface area (Å²) in [5.41, 5.74) is 0.545. The van der Waals surface area contributed by atoms with Crippen molar-refractivity contribution in [2.24, 2.45) is 5.92 Å². The Balaban J connectivity index is 1.98. The second kappa shape index (κ2) is 6.41. The molecular formula is C17H24F2N2. The molecule has 1 heterocycles. The molecule has 1 aliphatic heterocycles. The van der Waals surface area contributed by atoms with Crippen molar-refractivity contribution in [2.45, 2.75) is 44.2 Å². The first-order valence-electron chi connectivity index (χ1n) is 8.06. The van der Waals surface area contributed by atoms with E-state index in [2.05, 4.69) is 10.2 Å². The molecule has 4 heteroatoms. The molecule has 2 atom stereocenters. The average molecular weight is 294 g/mol. The largest absolute Gasteiger partial charge is 0.319 e. The van der Waals surface area contributed by atoms with Crippen molar-refractivity contribution >= 4 is 0 Å². The van der Waals surface area contributed by atoms with E-state index in [0.29, 0.717) is 17.5 Å². The van der Waals surface area contributed by atoms with Gasteiger partial charge in [-0.2, -0.15) is 0 Å². The minimum absolute atomic E-state index is 0.00292. The Hall–Kier alpha value is -1.00. The van der Waals surface area contributed by atoms with Crippen LogP contribution in [0.3, 0.4) is 0 Å². The van der Waals surface area contributed by atoms with Gasteiger partial charge in [-0.1, -0.05) is 6.42 Å². The molecule has 0 radical (unpaired) electrons. The smallest absolute Gasteiger partial charge is 0.128 e. The second-order valence-electron chi connectivity index (χ2n) is 6.39. The van der Waals surface area contributed by atoms with Gasteiger partial charge in [-0.15, -0.1) is 0 Å². The van der Waals surface area contributed by atoms with Crippen LogP contribution in [0.2, 0.25) is 0 Å². The second-order valence-corrected chi connectivity index (χ2v) is 6.39. The molecule has 2 fully saturated rings. The third kappa shape index (κ3) is 3.27. The van der Waals surface area contributed by atoms with Crippen LogP contribution in [0.5, 0.6) is 0 Å². The fourth-order valence-electron chi connectivity index (χ4n) is 3.73. The fraction of sp³-hybridized carbons (Fsp3) is 0.647. The Kier molecular flexibility index (Phi) is 4.55. The Labute approximate surface area is 125 Å². The minimum atomic E-state index is -0.338. The van der Waals surface area contributed by atoms with Gasteiger partial charge in [-0.05, 0) is 69.9 Å². The first-order valence-corrected chi connectivity index (χ1v) is 8.06. The molecule has 1 N–H and O–H groups in total. The first kappa shape index (κ1) is 14.9. The third-order valence-corrected chi connectivity index (χ3v) is 4.80. The number of hydrogen-bond donors (Lipinski definition) is 1. The quantitative estimate of drug-likeness (QED) is 0.914. The number of benzene rings is 1. The van der Waals surface area contributed by atoms with Crippen molar-refractivity contribution in [3.63, 3.8) is 0 Å². The molecule has 0 spiro atoms. The standard InChI is InChI=1S/C17H24F2N2/c1-20-11-12-4-2-3-9-21(14-6-7-14)17(12)15-10-13(18)5-8-16(15)19/h5,8,10,12,14,17,20H,2-4,6-7,9,11H2,1H3. The molecule has 3 rings (SSSR count). The summed E-state index contributed by atoms with van der Waals surface area (Å²) >= 11 is 0. The van der Waals surface area contributed by atoms with Gasteiger partial charge in [-0.25, -0.2) is 8.78 Å². The molecule has 0 aromatic heterocycles. The van der Waals surface area contributed by atoms with E-state index < -0.39 is 0 Å². The van der Waals surface area contributed by atoms with E-state index in [9.17, 15) is 8.78 Å². The van der Waals surface area contributed by atoms with Gasteiger partial charge >= 0.3 is 0 Å². The van der Waals surface area contributed by atoms with E-state index in [4.69, 9.17) is 0 Å². The molecule has 1 aromatic carbocycles. The first-order chi connectivity index (χ1) is 10.2. The minimum Gasteiger partial charge on any atom is -0.319 e. The Morgan fingerprint density at radius 3 is 2.71 bits per heavy atom. The molecule has 116 valence electrons. The van der Waals surface area contributed by atoms with Crippen LogP contribution in [0.4, 0.5) is 8.78 Å². The zero-order chi connectivity index (χ0) is 14.8. The van der Waals surface area contributed by atoms with Gasteiger partial charge in [-0.3, -0.25) is 4.90 Å². The van der Waals surface area contributed by atoms with Gasteiger partial charge in [0.2, 0.25) is 0 Å². The van der Waals surface area contributed by atoms with E-state index in [1.165, 1.54) is 37.5 Å². The van der Waals surface area contributed by atoms with Crippen molar-refractivity contribution in [2.75, 3.05) is 20.1 Å². The normalized spacial score (nSPS) is 27.6. The van der Waals surface area contributed by atoms with Gasteiger partial charge in [0.15, 0.2) is 0 Å². The predicted molar refractivity (Wildman–Crippen MR) is 80.1 cm³/mol. The van der Waals surface area contributed by atoms with Gasteiger partial charge in [0.25, 0.3) is 0 Å². The number of nitrogens with one attached hydrogen (secondary N) is 1. The van der Waals surface area contributed by atoms with Gasteiger partial charge < -0.3 is 5.32 Å². The third-order valence-electron chi connectivity index (χ3n) is 4.80. The van der Waals surface area contributed by atoms with E-state index in [1.807, 2.05) is 7.05 Å². The lowest BCUT2D eigenvalue weighted by Gasteiger charge is -2.36. The van der Waals surface area contributed by atoms with Crippen LogP contribution in [0.15, 0.2) is 18.2 Å². The molecule has 2 nitrogen and oxygen atoms in total. The van der Waals surface area contributed by atoms with Gasteiger partial charge in [0.05, 0.1) is 0 Å². The Morgan fingerprint density at radius 1 is 1.19 bits per heavy atom. The van der Waals surface area contributed by atoms with Gasteiger partial charge in [0, 0.05) is 17.6 Å². The number of halogens is 2. The fourth-order valence-corrected chi connectivity index (χ4v) is 3.73. The summed E-state index contributed by atoms with van der Waals surface area (Å²) in [4.78, 5) is 2.44. The van der Waals surface area contributed by atoms with Crippen LogP contribution in [-0.4, -0.2) is 31.1 Å². The summed E-state index contributed by atoms with van der Waals surface area (Å²) in [6.45, 7) is 1.86. The monoisotopic (exact) mass is 294 g/mol. The molecular weight excluding hydrogens is 270 g/mol. The van der Waals surface area contributed by atoms with E-state index in [-0.39, 0.29) is 17.7 Å². The van der Waals surface area contributed by atoms with Crippen LogP contribution >= 0.6 is 0 Å². The summed E-state index contributed by atoms with van der Waals surface area (Å²) in [5.74, 6) is -0.265. The van der Waals surface area contributed by atoms with E-state index >= 15 is 0 Å². The SMILES string of the molecule is CNCC1CCCCN(C2CC2)C1c1cc(F)ccc1F. The molecule has 2 unspecified atom stereocenters. The lowest BCUT2D eigenvalue weighted by Crippen LogP contribution is -2.38. The molecule has 21 heavy (non-hydrogen) atoms. The number of likely N-dealkylation sites (tertiary alicyclic amines) is 1. The molecule has 2 aliphatic rings. The topological polar surface area (TPSA) is 15.3 Å². The maximum atomic E-state index is 14.3. The number of nitrogens with zero attached hydrogens (tertiary/aromatic N) is 1. The van der Waals surface area contributed by atoms with Crippen molar-refractivity contribution in [3.8, 4) is 0 Å². The maximum Gasteiger partial charge on any atom is 0.128 e. The zero-order valence-corrected chi connectivity index (χ0v) is 12.6. The number of rotatable bonds is 4. The van der Waals surface area contributed by atoms with Gasteiger partial charge in [0.1, 0.15) is 11.6 Å². The van der Waals surface area contributed by atoms with Crippen LogP contribution in [0, 0.1) is 17.6 Å². The Bertz CT molecular complexity index is 488. The van der Waals surface area contributed by atoms with Crippen LogP contribution < -0.4 is 5.32 Å².